The summed E-state index contributed by atoms with van der Waals surface area (Å²) in [5.74, 6) is -0.333. The molecular formula is C22H15FN4O4S. The van der Waals surface area contributed by atoms with Gasteiger partial charge in [0.25, 0.3) is 5.56 Å². The topological polar surface area (TPSA) is 107 Å². The molecule has 10 heteroatoms. The van der Waals surface area contributed by atoms with E-state index in [0.717, 1.165) is 45.5 Å². The number of nitrogens with zero attached hydrogens (tertiary/aromatic N) is 3. The van der Waals surface area contributed by atoms with Gasteiger partial charge in [-0.05, 0) is 54.6 Å². The molecule has 0 radical (unpaired) electrons. The molecule has 2 aromatic carbocycles. The van der Waals surface area contributed by atoms with Crippen LogP contribution in [-0.2, 0) is 16.9 Å². The molecule has 0 atom stereocenters. The standard InChI is InChI=1S/C22H15FN4O4S/c1-27-20-14(11-19(21(27)28)32(29,30)17-5-2-15(23)3-6-17)12-24-22(26-20)25-16-4-7-18-13(10-16)8-9-31-18/h2-12H,1H3,(H,24,25,26). The molecule has 0 amide bonds. The van der Waals surface area contributed by atoms with Crippen molar-refractivity contribution in [3.05, 3.63) is 83.2 Å². The van der Waals surface area contributed by atoms with Crippen LogP contribution in [0.25, 0.3) is 22.0 Å². The van der Waals surface area contributed by atoms with Crippen molar-refractivity contribution in [2.24, 2.45) is 7.05 Å². The molecule has 3 aromatic heterocycles. The molecule has 0 saturated carbocycles. The number of hydrogen-bond acceptors (Lipinski definition) is 7. The monoisotopic (exact) mass is 450 g/mol. The van der Waals surface area contributed by atoms with Gasteiger partial charge in [-0.2, -0.15) is 4.98 Å². The Kier molecular flexibility index (Phi) is 4.52. The van der Waals surface area contributed by atoms with Crippen LogP contribution in [0.15, 0.2) is 86.1 Å². The van der Waals surface area contributed by atoms with Gasteiger partial charge in [-0.25, -0.2) is 17.8 Å². The molecule has 3 heterocycles. The fourth-order valence-electron chi connectivity index (χ4n) is 3.38. The van der Waals surface area contributed by atoms with Crippen molar-refractivity contribution in [1.29, 1.82) is 0 Å². The second kappa shape index (κ2) is 7.27. The molecule has 0 aliphatic rings. The number of pyridine rings is 1. The number of nitrogens with one attached hydrogen (secondary N) is 1. The highest BCUT2D eigenvalue weighted by molar-refractivity contribution is 7.91. The third kappa shape index (κ3) is 3.30. The lowest BCUT2D eigenvalue weighted by atomic mass is 10.2. The number of halogens is 1. The highest BCUT2D eigenvalue weighted by atomic mass is 32.2. The van der Waals surface area contributed by atoms with E-state index in [0.29, 0.717) is 5.39 Å². The van der Waals surface area contributed by atoms with Crippen LogP contribution in [0.2, 0.25) is 0 Å². The molecule has 1 N–H and O–H groups in total. The van der Waals surface area contributed by atoms with E-state index in [9.17, 15) is 17.6 Å². The quantitative estimate of drug-likeness (QED) is 0.415. The third-order valence-electron chi connectivity index (χ3n) is 5.04. The number of hydrogen-bond donors (Lipinski definition) is 1. The van der Waals surface area contributed by atoms with E-state index >= 15 is 0 Å². The summed E-state index contributed by atoms with van der Waals surface area (Å²) in [4.78, 5) is 20.9. The van der Waals surface area contributed by atoms with Gasteiger partial charge in [-0.15, -0.1) is 0 Å². The summed E-state index contributed by atoms with van der Waals surface area (Å²) < 4.78 is 45.6. The molecule has 0 aliphatic carbocycles. The van der Waals surface area contributed by atoms with Crippen molar-refractivity contribution in [3.8, 4) is 0 Å². The Bertz CT molecular complexity index is 1660. The maximum Gasteiger partial charge on any atom is 0.271 e. The summed E-state index contributed by atoms with van der Waals surface area (Å²) in [6.07, 6.45) is 3.03. The number of aromatic nitrogens is 3. The normalized spacial score (nSPS) is 11.8. The maximum absolute atomic E-state index is 13.2. The highest BCUT2D eigenvalue weighted by Crippen LogP contribution is 2.24. The van der Waals surface area contributed by atoms with E-state index in [1.807, 2.05) is 12.1 Å². The van der Waals surface area contributed by atoms with Gasteiger partial charge in [-0.1, -0.05) is 0 Å². The summed E-state index contributed by atoms with van der Waals surface area (Å²) in [5, 5.41) is 4.33. The molecule has 32 heavy (non-hydrogen) atoms. The minimum absolute atomic E-state index is 0.177. The fraction of sp³-hybridized carbons (Fsp3) is 0.0455. The second-order valence-corrected chi connectivity index (χ2v) is 9.02. The number of aryl methyl sites for hydroxylation is 1. The largest absolute Gasteiger partial charge is 0.464 e. The number of sulfone groups is 1. The smallest absolute Gasteiger partial charge is 0.271 e. The SMILES string of the molecule is Cn1c(=O)c(S(=O)(=O)c2ccc(F)cc2)cc2cnc(Nc3ccc4occc4c3)nc21. The van der Waals surface area contributed by atoms with Crippen LogP contribution in [-0.4, -0.2) is 23.0 Å². The molecular weight excluding hydrogens is 435 g/mol. The number of furan rings is 1. The summed E-state index contributed by atoms with van der Waals surface area (Å²) in [7, 11) is -2.72. The number of benzene rings is 2. The van der Waals surface area contributed by atoms with Crippen molar-refractivity contribution in [2.45, 2.75) is 9.79 Å². The third-order valence-corrected chi connectivity index (χ3v) is 6.80. The first-order valence-electron chi connectivity index (χ1n) is 9.45. The molecule has 0 aliphatic heterocycles. The second-order valence-electron chi connectivity index (χ2n) is 7.10. The van der Waals surface area contributed by atoms with Crippen molar-refractivity contribution in [1.82, 2.24) is 14.5 Å². The van der Waals surface area contributed by atoms with Gasteiger partial charge in [0, 0.05) is 29.7 Å². The van der Waals surface area contributed by atoms with Gasteiger partial charge in [0.15, 0.2) is 0 Å². The van der Waals surface area contributed by atoms with Crippen molar-refractivity contribution in [2.75, 3.05) is 5.32 Å². The first-order valence-corrected chi connectivity index (χ1v) is 10.9. The van der Waals surface area contributed by atoms with Gasteiger partial charge >= 0.3 is 0 Å². The number of rotatable bonds is 4. The van der Waals surface area contributed by atoms with Crippen LogP contribution in [0, 0.1) is 5.82 Å². The Hall–Kier alpha value is -4.05. The van der Waals surface area contributed by atoms with E-state index in [1.165, 1.54) is 19.3 Å². The van der Waals surface area contributed by atoms with Crippen LogP contribution in [0.5, 0.6) is 0 Å². The number of fused-ring (bicyclic) bond motifs is 2. The fourth-order valence-corrected chi connectivity index (χ4v) is 4.78. The van der Waals surface area contributed by atoms with E-state index in [4.69, 9.17) is 4.42 Å². The van der Waals surface area contributed by atoms with Crippen LogP contribution in [0.1, 0.15) is 0 Å². The zero-order valence-electron chi connectivity index (χ0n) is 16.6. The molecule has 5 aromatic rings. The lowest BCUT2D eigenvalue weighted by molar-refractivity contribution is 0.592. The zero-order valence-corrected chi connectivity index (χ0v) is 17.4. The summed E-state index contributed by atoms with van der Waals surface area (Å²) >= 11 is 0. The molecule has 5 rings (SSSR count). The first-order chi connectivity index (χ1) is 15.3. The van der Waals surface area contributed by atoms with Gasteiger partial charge in [0.1, 0.15) is 21.9 Å². The number of anilines is 2. The summed E-state index contributed by atoms with van der Waals surface area (Å²) in [6, 6.07) is 12.8. The lowest BCUT2D eigenvalue weighted by Crippen LogP contribution is -2.25. The van der Waals surface area contributed by atoms with E-state index in [1.54, 1.807) is 18.4 Å². The summed E-state index contributed by atoms with van der Waals surface area (Å²) in [6.45, 7) is 0. The van der Waals surface area contributed by atoms with Gasteiger partial charge in [0.05, 0.1) is 11.2 Å². The molecule has 8 nitrogen and oxygen atoms in total. The molecule has 0 bridgehead atoms. The van der Waals surface area contributed by atoms with Crippen LogP contribution < -0.4 is 10.9 Å². The van der Waals surface area contributed by atoms with Crippen LogP contribution >= 0.6 is 0 Å². The molecule has 0 unspecified atom stereocenters. The van der Waals surface area contributed by atoms with E-state index < -0.39 is 26.1 Å². The molecule has 0 spiro atoms. The highest BCUT2D eigenvalue weighted by Gasteiger charge is 2.24. The molecule has 0 fully saturated rings. The van der Waals surface area contributed by atoms with Crippen molar-refractivity contribution in [3.63, 3.8) is 0 Å². The minimum Gasteiger partial charge on any atom is -0.464 e. The Morgan fingerprint density at radius 1 is 1.03 bits per heavy atom. The van der Waals surface area contributed by atoms with Crippen LogP contribution in [0.3, 0.4) is 0 Å². The van der Waals surface area contributed by atoms with Gasteiger partial charge < -0.3 is 9.73 Å². The van der Waals surface area contributed by atoms with Crippen molar-refractivity contribution < 1.29 is 17.2 Å². The van der Waals surface area contributed by atoms with Gasteiger partial charge in [0.2, 0.25) is 15.8 Å². The molecule has 160 valence electrons. The van der Waals surface area contributed by atoms with E-state index in [-0.39, 0.29) is 16.5 Å². The van der Waals surface area contributed by atoms with E-state index in [2.05, 4.69) is 15.3 Å². The first kappa shape index (κ1) is 19.9. The van der Waals surface area contributed by atoms with Gasteiger partial charge in [-0.3, -0.25) is 9.36 Å². The Balaban J connectivity index is 1.57. The average molecular weight is 450 g/mol. The van der Waals surface area contributed by atoms with Crippen LogP contribution in [0.4, 0.5) is 16.0 Å². The Morgan fingerprint density at radius 3 is 2.59 bits per heavy atom. The Labute approximate surface area is 180 Å². The zero-order chi connectivity index (χ0) is 22.5. The lowest BCUT2D eigenvalue weighted by Gasteiger charge is -2.11. The Morgan fingerprint density at radius 2 is 1.81 bits per heavy atom. The predicted molar refractivity (Wildman–Crippen MR) is 116 cm³/mol. The van der Waals surface area contributed by atoms with Crippen molar-refractivity contribution >= 4 is 43.5 Å². The minimum atomic E-state index is -4.15. The summed E-state index contributed by atoms with van der Waals surface area (Å²) in [5.41, 5.74) is 0.979. The maximum atomic E-state index is 13.2. The average Bonchev–Trinajstić information content (AvgIpc) is 3.24. The molecule has 0 saturated heterocycles. The predicted octanol–water partition coefficient (Wildman–Crippen LogP) is 3.79.